The number of nitro benzene ring substituents is 1. The number of hydrogen-bond donors (Lipinski definition) is 0. The normalized spacial score (nSPS) is 17.5. The fourth-order valence-corrected chi connectivity index (χ4v) is 4.22. The summed E-state index contributed by atoms with van der Waals surface area (Å²) in [4.78, 5) is 27.2. The minimum atomic E-state index is -0.563. The van der Waals surface area contributed by atoms with Crippen molar-refractivity contribution >= 4 is 29.0 Å². The number of halogens is 1. The fourth-order valence-electron chi connectivity index (χ4n) is 4.05. The molecule has 9 nitrogen and oxygen atoms in total. The molecule has 164 valence electrons. The van der Waals surface area contributed by atoms with E-state index in [-0.39, 0.29) is 17.4 Å². The average molecular weight is 446 g/mol. The Kier molecular flexibility index (Phi) is 6.50. The van der Waals surface area contributed by atoms with Crippen molar-refractivity contribution in [1.29, 1.82) is 0 Å². The van der Waals surface area contributed by atoms with Gasteiger partial charge < -0.3 is 14.5 Å². The van der Waals surface area contributed by atoms with Gasteiger partial charge in [-0.25, -0.2) is 0 Å². The van der Waals surface area contributed by atoms with Gasteiger partial charge in [0.25, 0.3) is 11.6 Å². The second-order valence-electron chi connectivity index (χ2n) is 7.81. The summed E-state index contributed by atoms with van der Waals surface area (Å²) in [5.41, 5.74) is -0.230. The molecule has 0 radical (unpaired) electrons. The molecule has 10 heteroatoms. The molecule has 1 aromatic heterocycles. The van der Waals surface area contributed by atoms with Gasteiger partial charge in [0.05, 0.1) is 4.92 Å². The van der Waals surface area contributed by atoms with Gasteiger partial charge in [-0.2, -0.15) is 0 Å². The number of aromatic nitrogens is 2. The summed E-state index contributed by atoms with van der Waals surface area (Å²) in [5.74, 6) is 0.866. The molecule has 0 atom stereocenters. The van der Waals surface area contributed by atoms with E-state index in [2.05, 4.69) is 10.2 Å². The molecule has 1 amide bonds. The molecule has 1 saturated heterocycles. The van der Waals surface area contributed by atoms with Crippen LogP contribution >= 0.6 is 11.6 Å². The van der Waals surface area contributed by atoms with Crippen LogP contribution in [-0.2, 0) is 0 Å². The van der Waals surface area contributed by atoms with Gasteiger partial charge >= 0.3 is 0 Å². The molecule has 0 bridgehead atoms. The molecular weight excluding hydrogens is 422 g/mol. The Hall–Kier alpha value is -2.94. The first kappa shape index (κ1) is 21.3. The largest absolute Gasteiger partial charge is 0.473 e. The van der Waals surface area contributed by atoms with Crippen molar-refractivity contribution < 1.29 is 14.5 Å². The predicted octanol–water partition coefficient (Wildman–Crippen LogP) is 3.71. The van der Waals surface area contributed by atoms with Crippen LogP contribution in [0.2, 0.25) is 5.02 Å². The summed E-state index contributed by atoms with van der Waals surface area (Å²) < 4.78 is 5.92. The molecule has 2 aromatic rings. The summed E-state index contributed by atoms with van der Waals surface area (Å²) in [7, 11) is 0. The van der Waals surface area contributed by atoms with Crippen LogP contribution in [0.25, 0.3) is 0 Å². The number of piperazine rings is 1. The number of anilines is 1. The van der Waals surface area contributed by atoms with Crippen LogP contribution in [0, 0.1) is 10.1 Å². The van der Waals surface area contributed by atoms with Gasteiger partial charge in [0.2, 0.25) is 5.88 Å². The molecule has 0 N–H and O–H groups in total. The molecule has 1 aliphatic carbocycles. The van der Waals surface area contributed by atoms with Gasteiger partial charge in [-0.15, -0.1) is 10.2 Å². The van der Waals surface area contributed by atoms with Crippen LogP contribution in [0.3, 0.4) is 0 Å². The molecule has 1 aliphatic heterocycles. The molecule has 0 spiro atoms. The maximum atomic E-state index is 12.9. The number of carbonyl (C=O) groups is 1. The van der Waals surface area contributed by atoms with E-state index in [1.54, 1.807) is 4.90 Å². The number of hydrogen-bond acceptors (Lipinski definition) is 7. The zero-order chi connectivity index (χ0) is 21.8. The summed E-state index contributed by atoms with van der Waals surface area (Å²) in [5, 5.41) is 20.1. The Balaban J connectivity index is 1.36. The molecule has 0 unspecified atom stereocenters. The Labute approximate surface area is 185 Å². The first-order chi connectivity index (χ1) is 15.0. The average Bonchev–Trinajstić information content (AvgIpc) is 2.80. The first-order valence-electron chi connectivity index (χ1n) is 10.5. The summed E-state index contributed by atoms with van der Waals surface area (Å²) in [6.45, 7) is 1.95. The van der Waals surface area contributed by atoms with Crippen molar-refractivity contribution in [1.82, 2.24) is 15.1 Å². The maximum absolute atomic E-state index is 12.9. The van der Waals surface area contributed by atoms with Crippen molar-refractivity contribution in [2.45, 2.75) is 38.2 Å². The van der Waals surface area contributed by atoms with Gasteiger partial charge in [-0.05, 0) is 43.9 Å². The monoisotopic (exact) mass is 445 g/mol. The second-order valence-corrected chi connectivity index (χ2v) is 8.24. The number of nitrogens with zero attached hydrogens (tertiary/aromatic N) is 5. The zero-order valence-electron chi connectivity index (χ0n) is 17.1. The SMILES string of the molecule is O=C(c1cc(Cl)ccc1[N+](=O)[O-])N1CCN(c2ccc(OC3CCCCC3)nn2)CC1. The second kappa shape index (κ2) is 9.47. The van der Waals surface area contributed by atoms with Crippen molar-refractivity contribution in [3.63, 3.8) is 0 Å². The smallest absolute Gasteiger partial charge is 0.282 e. The van der Waals surface area contributed by atoms with Gasteiger partial charge in [0, 0.05) is 43.3 Å². The van der Waals surface area contributed by atoms with Gasteiger partial charge in [-0.1, -0.05) is 18.0 Å². The van der Waals surface area contributed by atoms with E-state index in [0.717, 1.165) is 18.7 Å². The van der Waals surface area contributed by atoms with Crippen LogP contribution in [-0.4, -0.2) is 58.2 Å². The highest BCUT2D eigenvalue weighted by Gasteiger charge is 2.28. The van der Waals surface area contributed by atoms with Crippen molar-refractivity contribution in [3.05, 3.63) is 51.0 Å². The first-order valence-corrected chi connectivity index (χ1v) is 10.9. The molecule has 1 aromatic carbocycles. The zero-order valence-corrected chi connectivity index (χ0v) is 17.8. The summed E-state index contributed by atoms with van der Waals surface area (Å²) >= 11 is 5.95. The minimum Gasteiger partial charge on any atom is -0.473 e. The standard InChI is InChI=1S/C21H24ClN5O4/c22-15-6-7-18(27(29)30)17(14-15)21(28)26-12-10-25(11-13-26)19-8-9-20(24-23-19)31-16-4-2-1-3-5-16/h6-9,14,16H,1-5,10-13H2. The highest BCUT2D eigenvalue weighted by atomic mass is 35.5. The number of rotatable bonds is 5. The van der Waals surface area contributed by atoms with E-state index in [1.165, 1.54) is 37.5 Å². The Morgan fingerprint density at radius 2 is 1.81 bits per heavy atom. The topological polar surface area (TPSA) is 102 Å². The Morgan fingerprint density at radius 3 is 2.45 bits per heavy atom. The fraction of sp³-hybridized carbons (Fsp3) is 0.476. The predicted molar refractivity (Wildman–Crippen MR) is 116 cm³/mol. The summed E-state index contributed by atoms with van der Waals surface area (Å²) in [6.07, 6.45) is 5.99. The van der Waals surface area contributed by atoms with Crippen LogP contribution < -0.4 is 9.64 Å². The molecule has 2 aliphatic rings. The molecule has 4 rings (SSSR count). The van der Waals surface area contributed by atoms with E-state index in [0.29, 0.717) is 37.1 Å². The van der Waals surface area contributed by atoms with Crippen LogP contribution in [0.4, 0.5) is 11.5 Å². The lowest BCUT2D eigenvalue weighted by molar-refractivity contribution is -0.385. The molecule has 2 fully saturated rings. The number of amides is 1. The number of benzene rings is 1. The van der Waals surface area contributed by atoms with E-state index in [1.807, 2.05) is 17.0 Å². The van der Waals surface area contributed by atoms with Crippen LogP contribution in [0.15, 0.2) is 30.3 Å². The Morgan fingerprint density at radius 1 is 1.06 bits per heavy atom. The number of nitro groups is 1. The van der Waals surface area contributed by atoms with Crippen LogP contribution in [0.5, 0.6) is 5.88 Å². The van der Waals surface area contributed by atoms with Gasteiger partial charge in [-0.3, -0.25) is 14.9 Å². The van der Waals surface area contributed by atoms with Crippen molar-refractivity contribution in [2.75, 3.05) is 31.1 Å². The van der Waals surface area contributed by atoms with Crippen LogP contribution in [0.1, 0.15) is 42.5 Å². The van der Waals surface area contributed by atoms with Gasteiger partial charge in [0.15, 0.2) is 5.82 Å². The number of ether oxygens (including phenoxy) is 1. The van der Waals surface area contributed by atoms with Gasteiger partial charge in [0.1, 0.15) is 11.7 Å². The Bertz CT molecular complexity index is 941. The van der Waals surface area contributed by atoms with Crippen molar-refractivity contribution in [2.24, 2.45) is 0 Å². The highest BCUT2D eigenvalue weighted by Crippen LogP contribution is 2.26. The lowest BCUT2D eigenvalue weighted by atomic mass is 9.98. The molecular formula is C21H24ClN5O4. The van der Waals surface area contributed by atoms with E-state index < -0.39 is 10.8 Å². The molecule has 1 saturated carbocycles. The van der Waals surface area contributed by atoms with E-state index in [9.17, 15) is 14.9 Å². The summed E-state index contributed by atoms with van der Waals surface area (Å²) in [6, 6.07) is 7.74. The lowest BCUT2D eigenvalue weighted by Gasteiger charge is -2.35. The number of carbonyl (C=O) groups excluding carboxylic acids is 1. The third-order valence-electron chi connectivity index (χ3n) is 5.74. The highest BCUT2D eigenvalue weighted by molar-refractivity contribution is 6.31. The molecule has 2 heterocycles. The third-order valence-corrected chi connectivity index (χ3v) is 5.98. The lowest BCUT2D eigenvalue weighted by Crippen LogP contribution is -2.49. The quantitative estimate of drug-likeness (QED) is 0.510. The van der Waals surface area contributed by atoms with Crippen molar-refractivity contribution in [3.8, 4) is 5.88 Å². The molecule has 31 heavy (non-hydrogen) atoms. The van der Waals surface area contributed by atoms with E-state index in [4.69, 9.17) is 16.3 Å². The minimum absolute atomic E-state index is 0.00922. The van der Waals surface area contributed by atoms with E-state index >= 15 is 0 Å². The third kappa shape index (κ3) is 5.04. The maximum Gasteiger partial charge on any atom is 0.282 e.